The number of nitrogens with two attached hydrogens (primary N) is 1. The van der Waals surface area contributed by atoms with Gasteiger partial charge in [-0.15, -0.1) is 0 Å². The molecule has 0 bridgehead atoms. The van der Waals surface area contributed by atoms with Gasteiger partial charge in [0, 0.05) is 25.2 Å². The zero-order valence-electron chi connectivity index (χ0n) is 26.9. The fraction of sp³-hybridized carbons (Fsp3) is 0.667. The molecule has 0 radical (unpaired) electrons. The van der Waals surface area contributed by atoms with Crippen LogP contribution in [0.4, 0.5) is 0 Å². The number of carboxylic acids is 1. The monoisotopic (exact) mass is 556 g/mol. The average molecular weight is 557 g/mol. The Kier molecular flexibility index (Phi) is 16.5. The first-order valence-corrected chi connectivity index (χ1v) is 14.5. The molecule has 1 heterocycles. The van der Waals surface area contributed by atoms with Crippen molar-refractivity contribution in [1.29, 1.82) is 5.41 Å². The minimum atomic E-state index is -0.833. The Hall–Kier alpha value is -2.83. The molecular formula is C33H56N4O3. The van der Waals surface area contributed by atoms with Gasteiger partial charge >= 0.3 is 0 Å². The van der Waals surface area contributed by atoms with Gasteiger partial charge in [0.15, 0.2) is 0 Å². The van der Waals surface area contributed by atoms with Crippen LogP contribution in [0.15, 0.2) is 40.9 Å². The van der Waals surface area contributed by atoms with Crippen LogP contribution in [0.2, 0.25) is 0 Å². The van der Waals surface area contributed by atoms with Gasteiger partial charge in [0.1, 0.15) is 12.1 Å². The molecule has 0 saturated carbocycles. The number of nitrogens with zero attached hydrogens (tertiary/aromatic N) is 2. The fourth-order valence-electron chi connectivity index (χ4n) is 5.68. The number of hydrogen-bond donors (Lipinski definition) is 3. The van der Waals surface area contributed by atoms with Gasteiger partial charge in [-0.3, -0.25) is 10.2 Å². The molecule has 0 aliphatic heterocycles. The maximum Gasteiger partial charge on any atom is 0.300 e. The summed E-state index contributed by atoms with van der Waals surface area (Å²) in [4.78, 5) is 28.4. The van der Waals surface area contributed by atoms with Crippen LogP contribution in [-0.2, 0) is 16.0 Å². The number of carbonyl (C=O) groups excluding carboxylic acids is 1. The Bertz CT molecular complexity index is 1010. The van der Waals surface area contributed by atoms with Gasteiger partial charge in [-0.1, -0.05) is 63.8 Å². The molecule has 1 aromatic rings. The molecule has 2 atom stereocenters. The molecule has 4 N–H and O–H groups in total. The third kappa shape index (κ3) is 12.6. The zero-order valence-corrected chi connectivity index (χ0v) is 26.9. The number of carboxylic acid groups (broad SMARTS) is 1. The Morgan fingerprint density at radius 1 is 0.975 bits per heavy atom. The summed E-state index contributed by atoms with van der Waals surface area (Å²) in [5.41, 5.74) is 12.5. The first kappa shape index (κ1) is 37.2. The standard InChI is InChI=1S/C16H24N2.C14H24O.C2H4O2.CH4N2/c1-12-5-6-13(2)16(3,4)15(12)8-7-14-9-10-17-11-18-14;1-10-6-7-11(2)14(4,5)13(10)9-8-12(3)15;1-2(3)4;2-1-3/h9-11,13H,5-8H2,1-4H3;11H,6-9H2,1-5H3;1H3,(H,3,4);1H,(H3,2,3). The van der Waals surface area contributed by atoms with Crippen molar-refractivity contribution in [2.24, 2.45) is 28.4 Å². The molecule has 7 nitrogen and oxygen atoms in total. The highest BCUT2D eigenvalue weighted by Gasteiger charge is 2.35. The van der Waals surface area contributed by atoms with Crippen LogP contribution >= 0.6 is 0 Å². The van der Waals surface area contributed by atoms with Crippen molar-refractivity contribution in [3.8, 4) is 0 Å². The summed E-state index contributed by atoms with van der Waals surface area (Å²) in [5.74, 6) is 0.995. The van der Waals surface area contributed by atoms with Crippen molar-refractivity contribution in [2.75, 3.05) is 0 Å². The van der Waals surface area contributed by atoms with Gasteiger partial charge < -0.3 is 15.6 Å². The lowest BCUT2D eigenvalue weighted by Crippen LogP contribution is -2.29. The highest BCUT2D eigenvalue weighted by Crippen LogP contribution is 2.47. The number of Topliss-reactive ketones (excluding diaryl/α,β-unsaturated/α-hetero) is 1. The predicted octanol–water partition coefficient (Wildman–Crippen LogP) is 7.95. The summed E-state index contributed by atoms with van der Waals surface area (Å²) in [5, 5.41) is 13.3. The third-order valence-corrected chi connectivity index (χ3v) is 8.96. The largest absolute Gasteiger partial charge is 0.481 e. The smallest absolute Gasteiger partial charge is 0.300 e. The van der Waals surface area contributed by atoms with E-state index in [4.69, 9.17) is 15.3 Å². The number of ketones is 1. The summed E-state index contributed by atoms with van der Waals surface area (Å²) >= 11 is 0. The molecule has 7 heteroatoms. The average Bonchev–Trinajstić information content (AvgIpc) is 2.85. The number of aryl methyl sites for hydroxylation is 1. The van der Waals surface area contributed by atoms with Crippen molar-refractivity contribution >= 4 is 18.1 Å². The molecule has 0 fully saturated rings. The second-order valence-electron chi connectivity index (χ2n) is 12.4. The lowest BCUT2D eigenvalue weighted by molar-refractivity contribution is -0.134. The summed E-state index contributed by atoms with van der Waals surface area (Å²) in [6.07, 6.45) is 13.2. The quantitative estimate of drug-likeness (QED) is 0.185. The molecule has 226 valence electrons. The van der Waals surface area contributed by atoms with Gasteiger partial charge in [-0.25, -0.2) is 9.97 Å². The van der Waals surface area contributed by atoms with E-state index >= 15 is 0 Å². The van der Waals surface area contributed by atoms with Crippen LogP contribution in [0.1, 0.15) is 120 Å². The van der Waals surface area contributed by atoms with Gasteiger partial charge in [-0.2, -0.15) is 0 Å². The maximum atomic E-state index is 11.1. The number of aromatic nitrogens is 2. The Balaban J connectivity index is 0.000000624. The minimum absolute atomic E-state index is 0.289. The molecule has 0 aromatic carbocycles. The molecule has 2 aliphatic carbocycles. The first-order valence-electron chi connectivity index (χ1n) is 14.5. The van der Waals surface area contributed by atoms with E-state index in [1.54, 1.807) is 24.4 Å². The third-order valence-electron chi connectivity index (χ3n) is 8.96. The van der Waals surface area contributed by atoms with Crippen molar-refractivity contribution in [2.45, 2.75) is 121 Å². The number of nitrogens with one attached hydrogen (secondary N) is 1. The van der Waals surface area contributed by atoms with E-state index < -0.39 is 5.97 Å². The number of rotatable bonds is 6. The molecule has 0 amide bonds. The number of carbonyl (C=O) groups is 2. The lowest BCUT2D eigenvalue weighted by atomic mass is 9.65. The van der Waals surface area contributed by atoms with Crippen LogP contribution in [0.3, 0.4) is 0 Å². The van der Waals surface area contributed by atoms with Gasteiger partial charge in [0.2, 0.25) is 0 Å². The molecule has 3 rings (SSSR count). The Morgan fingerprint density at radius 2 is 1.40 bits per heavy atom. The normalized spacial score (nSPS) is 20.9. The number of allylic oxidation sites excluding steroid dienone is 4. The second kappa shape index (κ2) is 17.8. The van der Waals surface area contributed by atoms with Gasteiger partial charge in [0.05, 0.1) is 6.34 Å². The molecule has 1 aromatic heterocycles. The number of aliphatic carboxylic acids is 1. The van der Waals surface area contributed by atoms with E-state index in [-0.39, 0.29) is 5.41 Å². The van der Waals surface area contributed by atoms with Gasteiger partial charge in [0.25, 0.3) is 5.97 Å². The van der Waals surface area contributed by atoms with Crippen LogP contribution in [0.5, 0.6) is 0 Å². The van der Waals surface area contributed by atoms with Crippen LogP contribution < -0.4 is 5.73 Å². The van der Waals surface area contributed by atoms with E-state index in [0.717, 1.165) is 50.1 Å². The van der Waals surface area contributed by atoms with E-state index in [1.807, 2.05) is 12.3 Å². The van der Waals surface area contributed by atoms with Crippen molar-refractivity contribution < 1.29 is 14.7 Å². The summed E-state index contributed by atoms with van der Waals surface area (Å²) < 4.78 is 0. The van der Waals surface area contributed by atoms with Gasteiger partial charge in [-0.05, 0) is 94.4 Å². The summed E-state index contributed by atoms with van der Waals surface area (Å²) in [7, 11) is 0. The Morgan fingerprint density at radius 3 is 1.77 bits per heavy atom. The van der Waals surface area contributed by atoms with Crippen LogP contribution in [-0.4, -0.2) is 33.2 Å². The molecule has 40 heavy (non-hydrogen) atoms. The summed E-state index contributed by atoms with van der Waals surface area (Å²) in [6, 6.07) is 2.02. The van der Waals surface area contributed by atoms with E-state index in [9.17, 15) is 4.79 Å². The van der Waals surface area contributed by atoms with E-state index in [0.29, 0.717) is 17.6 Å². The van der Waals surface area contributed by atoms with Crippen molar-refractivity contribution in [3.63, 3.8) is 0 Å². The Labute approximate surface area is 243 Å². The first-order chi connectivity index (χ1) is 18.5. The van der Waals surface area contributed by atoms with Crippen LogP contribution in [0, 0.1) is 28.1 Å². The minimum Gasteiger partial charge on any atom is -0.481 e. The van der Waals surface area contributed by atoms with Crippen molar-refractivity contribution in [1.82, 2.24) is 9.97 Å². The highest BCUT2D eigenvalue weighted by atomic mass is 16.4. The molecule has 0 spiro atoms. The fourth-order valence-corrected chi connectivity index (χ4v) is 5.68. The SMILES string of the molecule is CC(=O)CCC1=C(C)CCC(C)C1(C)C.CC(=O)O.CC1=C(CCc2ccncn2)C(C)(C)C(C)CC1.N=CN. The molecule has 0 saturated heterocycles. The second-order valence-corrected chi connectivity index (χ2v) is 12.4. The zero-order chi connectivity index (χ0) is 31.1. The van der Waals surface area contributed by atoms with Crippen LogP contribution in [0.25, 0.3) is 0 Å². The topological polar surface area (TPSA) is 130 Å². The summed E-state index contributed by atoms with van der Waals surface area (Å²) in [6.45, 7) is 21.5. The van der Waals surface area contributed by atoms with E-state index in [1.165, 1.54) is 36.8 Å². The molecule has 2 aliphatic rings. The lowest BCUT2D eigenvalue weighted by Gasteiger charge is -2.40. The van der Waals surface area contributed by atoms with Crippen molar-refractivity contribution in [3.05, 3.63) is 46.6 Å². The maximum absolute atomic E-state index is 11.1. The predicted molar refractivity (Wildman–Crippen MR) is 166 cm³/mol. The molecule has 2 unspecified atom stereocenters. The highest BCUT2D eigenvalue weighted by molar-refractivity contribution is 5.75. The van der Waals surface area contributed by atoms with E-state index in [2.05, 4.69) is 71.1 Å². The number of hydrogen-bond acceptors (Lipinski definition) is 5. The molecular weight excluding hydrogens is 500 g/mol.